The molecule has 2 aliphatic heterocycles. The molecule has 2 nitrogen and oxygen atoms in total. The van der Waals surface area contributed by atoms with Gasteiger partial charge in [0.2, 0.25) is 0 Å². The third-order valence-electron chi connectivity index (χ3n) is 10.3. The number of aryl methyl sites for hydroxylation is 2. The van der Waals surface area contributed by atoms with Gasteiger partial charge in [-0.3, -0.25) is 0 Å². The molecule has 2 aromatic heterocycles. The molecule has 0 amide bonds. The van der Waals surface area contributed by atoms with E-state index in [0.29, 0.717) is 0 Å². The van der Waals surface area contributed by atoms with Crippen LogP contribution in [-0.2, 0) is 5.41 Å². The van der Waals surface area contributed by atoms with Gasteiger partial charge < -0.3 is 0 Å². The highest BCUT2D eigenvalue weighted by Gasteiger charge is 2.67. The van der Waals surface area contributed by atoms with Crippen LogP contribution in [0.4, 0.5) is 0 Å². The molecule has 5 aliphatic rings. The SMILES string of the molecule is Cc1cc2c(s1)-c1sc(C)cc1C21C2=C3N=C(c4ccccc4)S[C@]3(C)[C@@]3(C)SC(c4ccccc4)=NC3=C2c2ccccc21. The lowest BCUT2D eigenvalue weighted by Crippen LogP contribution is -2.48. The molecule has 6 heteroatoms. The van der Waals surface area contributed by atoms with E-state index in [4.69, 9.17) is 9.98 Å². The van der Waals surface area contributed by atoms with E-state index in [1.807, 2.05) is 46.2 Å². The highest BCUT2D eigenvalue weighted by Crippen LogP contribution is 2.74. The van der Waals surface area contributed by atoms with Gasteiger partial charge in [0.25, 0.3) is 0 Å². The number of rotatable bonds is 2. The molecule has 3 aromatic carbocycles. The molecule has 0 fully saturated rings. The molecule has 45 heavy (non-hydrogen) atoms. The van der Waals surface area contributed by atoms with Crippen molar-refractivity contribution in [3.8, 4) is 9.75 Å². The first-order valence-corrected chi connectivity index (χ1v) is 18.6. The second kappa shape index (κ2) is 8.89. The van der Waals surface area contributed by atoms with Crippen molar-refractivity contribution in [3.05, 3.63) is 157 Å². The van der Waals surface area contributed by atoms with Gasteiger partial charge >= 0.3 is 0 Å². The Morgan fingerprint density at radius 3 is 1.62 bits per heavy atom. The van der Waals surface area contributed by atoms with Gasteiger partial charge in [0.15, 0.2) is 0 Å². The fraction of sp³-hybridized carbons (Fsp3) is 0.179. The molecule has 1 spiro atoms. The average Bonchev–Trinajstić information content (AvgIpc) is 3.88. The number of nitrogens with zero attached hydrogens (tertiary/aromatic N) is 2. The predicted octanol–water partition coefficient (Wildman–Crippen LogP) is 10.6. The number of aliphatic imine (C=N–C) groups is 2. The van der Waals surface area contributed by atoms with Crippen molar-refractivity contribution in [2.45, 2.75) is 42.6 Å². The number of hydrogen-bond acceptors (Lipinski definition) is 6. The molecule has 10 rings (SSSR count). The van der Waals surface area contributed by atoms with E-state index in [1.165, 1.54) is 75.4 Å². The first-order valence-electron chi connectivity index (χ1n) is 15.3. The van der Waals surface area contributed by atoms with E-state index >= 15 is 0 Å². The van der Waals surface area contributed by atoms with Crippen LogP contribution < -0.4 is 0 Å². The summed E-state index contributed by atoms with van der Waals surface area (Å²) in [6.45, 7) is 9.39. The lowest BCUT2D eigenvalue weighted by molar-refractivity contribution is 0.580. The first kappa shape index (κ1) is 26.8. The summed E-state index contributed by atoms with van der Waals surface area (Å²) in [5.41, 5.74) is 12.5. The lowest BCUT2D eigenvalue weighted by Gasteiger charge is -2.46. The summed E-state index contributed by atoms with van der Waals surface area (Å²) in [4.78, 5) is 16.9. The molecule has 4 heterocycles. The van der Waals surface area contributed by atoms with Gasteiger partial charge in [-0.1, -0.05) is 108 Å². The second-order valence-corrected chi connectivity index (χ2v) is 18.1. The Hall–Kier alpha value is -3.42. The van der Waals surface area contributed by atoms with Gasteiger partial charge in [0.1, 0.15) is 10.1 Å². The second-order valence-electron chi connectivity index (χ2n) is 12.8. The quantitative estimate of drug-likeness (QED) is 0.190. The van der Waals surface area contributed by atoms with E-state index in [1.54, 1.807) is 0 Å². The normalized spacial score (nSPS) is 24.7. The maximum Gasteiger partial charge on any atom is 0.105 e. The number of hydrogen-bond donors (Lipinski definition) is 0. The molecule has 0 radical (unpaired) electrons. The molecule has 0 N–H and O–H groups in total. The predicted molar refractivity (Wildman–Crippen MR) is 195 cm³/mol. The molecule has 218 valence electrons. The van der Waals surface area contributed by atoms with Crippen LogP contribution in [0.25, 0.3) is 15.3 Å². The molecule has 3 aliphatic carbocycles. The van der Waals surface area contributed by atoms with Crippen LogP contribution in [-0.4, -0.2) is 19.6 Å². The highest BCUT2D eigenvalue weighted by molar-refractivity contribution is 8.20. The summed E-state index contributed by atoms with van der Waals surface area (Å²) in [7, 11) is 0. The van der Waals surface area contributed by atoms with Crippen LogP contribution in [0, 0.1) is 13.8 Å². The van der Waals surface area contributed by atoms with Crippen LogP contribution in [0.2, 0.25) is 0 Å². The zero-order chi connectivity index (χ0) is 30.3. The fourth-order valence-corrected chi connectivity index (χ4v) is 13.4. The van der Waals surface area contributed by atoms with E-state index in [2.05, 4.69) is 125 Å². The summed E-state index contributed by atoms with van der Waals surface area (Å²) < 4.78 is -0.666. The largest absolute Gasteiger partial charge is 0.244 e. The molecular weight excluding hydrogens is 625 g/mol. The van der Waals surface area contributed by atoms with Gasteiger partial charge in [-0.05, 0) is 62.1 Å². The molecule has 0 saturated heterocycles. The Labute approximate surface area is 279 Å². The summed E-state index contributed by atoms with van der Waals surface area (Å²) >= 11 is 7.75. The zero-order valence-corrected chi connectivity index (χ0v) is 28.5. The Morgan fingerprint density at radius 2 is 1.04 bits per heavy atom. The van der Waals surface area contributed by atoms with Gasteiger partial charge in [0, 0.05) is 41.8 Å². The van der Waals surface area contributed by atoms with Crippen molar-refractivity contribution in [2.75, 3.05) is 0 Å². The highest BCUT2D eigenvalue weighted by atomic mass is 32.2. The van der Waals surface area contributed by atoms with E-state index in [0.717, 1.165) is 10.1 Å². The van der Waals surface area contributed by atoms with Gasteiger partial charge in [-0.15, -0.1) is 22.7 Å². The maximum absolute atomic E-state index is 5.73. The monoisotopic (exact) mass is 652 g/mol. The van der Waals surface area contributed by atoms with Gasteiger partial charge in [-0.25, -0.2) is 9.98 Å². The van der Waals surface area contributed by atoms with Crippen LogP contribution in [0.5, 0.6) is 0 Å². The Bertz CT molecular complexity index is 2220. The van der Waals surface area contributed by atoms with Crippen molar-refractivity contribution >= 4 is 61.9 Å². The summed E-state index contributed by atoms with van der Waals surface area (Å²) in [5, 5.41) is 2.20. The lowest BCUT2D eigenvalue weighted by atomic mass is 9.66. The average molecular weight is 653 g/mol. The first-order chi connectivity index (χ1) is 21.8. The summed E-state index contributed by atoms with van der Waals surface area (Å²) in [6.07, 6.45) is 0. The number of thioether (sulfide) groups is 2. The smallest absolute Gasteiger partial charge is 0.105 e. The molecule has 0 unspecified atom stereocenters. The zero-order valence-electron chi connectivity index (χ0n) is 25.3. The molecular formula is C39H28N2S4. The van der Waals surface area contributed by atoms with E-state index in [9.17, 15) is 0 Å². The number of allylic oxidation sites excluding steroid dienone is 2. The minimum atomic E-state index is -0.414. The maximum atomic E-state index is 5.73. The Morgan fingerprint density at radius 1 is 0.556 bits per heavy atom. The number of thiophene rings is 2. The molecule has 2 atom stereocenters. The van der Waals surface area contributed by atoms with Crippen molar-refractivity contribution < 1.29 is 0 Å². The Balaban J connectivity index is 1.38. The summed E-state index contributed by atoms with van der Waals surface area (Å²) in [6, 6.07) is 35.6. The molecule has 0 bridgehead atoms. The molecule has 0 saturated carbocycles. The van der Waals surface area contributed by atoms with Gasteiger partial charge in [-0.2, -0.15) is 0 Å². The third-order valence-corrected chi connectivity index (χ3v) is 15.8. The van der Waals surface area contributed by atoms with Crippen LogP contribution in [0.3, 0.4) is 0 Å². The van der Waals surface area contributed by atoms with Crippen LogP contribution in [0.15, 0.2) is 124 Å². The standard InChI is InChI=1S/C39H28N2S4/c1-21-19-27-31(42-21)32-28(20-22(2)43-32)39(27)26-18-12-11-17-25(26)29-30(39)34-38(4,45-36(41-34)24-15-9-6-10-16-24)37(3)33(29)40-35(44-37)23-13-7-5-8-14-23/h5-20H,1-4H3/t37-,38-/m0/s1. The van der Waals surface area contributed by atoms with Crippen molar-refractivity contribution in [2.24, 2.45) is 9.98 Å². The van der Waals surface area contributed by atoms with Crippen molar-refractivity contribution in [1.82, 2.24) is 0 Å². The third kappa shape index (κ3) is 3.15. The summed E-state index contributed by atoms with van der Waals surface area (Å²) in [5.74, 6) is 0. The van der Waals surface area contributed by atoms with E-state index in [-0.39, 0.29) is 9.49 Å². The van der Waals surface area contributed by atoms with Crippen molar-refractivity contribution in [1.29, 1.82) is 0 Å². The van der Waals surface area contributed by atoms with Gasteiger partial charge in [0.05, 0.1) is 26.3 Å². The minimum Gasteiger partial charge on any atom is -0.244 e. The van der Waals surface area contributed by atoms with Crippen LogP contribution >= 0.6 is 46.2 Å². The van der Waals surface area contributed by atoms with Crippen LogP contribution in [0.1, 0.15) is 57.0 Å². The minimum absolute atomic E-state index is 0.324. The van der Waals surface area contributed by atoms with E-state index < -0.39 is 5.41 Å². The topological polar surface area (TPSA) is 24.7 Å². The number of benzene rings is 3. The van der Waals surface area contributed by atoms with Crippen molar-refractivity contribution in [3.63, 3.8) is 0 Å². The number of fused-ring (bicyclic) bond motifs is 13. The molecule has 5 aromatic rings. The Kier molecular flexibility index (Phi) is 5.29. The fourth-order valence-electron chi connectivity index (χ4n) is 8.24.